The zero-order chi connectivity index (χ0) is 7.94. The van der Waals surface area contributed by atoms with Crippen LogP contribution in [0.2, 0.25) is 0 Å². The van der Waals surface area contributed by atoms with E-state index < -0.39 is 0 Å². The normalized spacial score (nSPS) is 47.4. The Balaban J connectivity index is 2.58. The van der Waals surface area contributed by atoms with Crippen molar-refractivity contribution >= 4 is 0 Å². The van der Waals surface area contributed by atoms with Crippen molar-refractivity contribution in [3.05, 3.63) is 0 Å². The molecule has 0 heterocycles. The van der Waals surface area contributed by atoms with Crippen LogP contribution in [0.4, 0.5) is 0 Å². The molecule has 0 bridgehead atoms. The van der Waals surface area contributed by atoms with Gasteiger partial charge in [-0.05, 0) is 29.6 Å². The average molecular weight is 140 g/mol. The van der Waals surface area contributed by atoms with E-state index in [0.717, 1.165) is 17.8 Å². The van der Waals surface area contributed by atoms with Crippen molar-refractivity contribution in [1.29, 1.82) is 0 Å². The molecule has 0 saturated heterocycles. The molecule has 1 rings (SSSR count). The van der Waals surface area contributed by atoms with Crippen molar-refractivity contribution in [2.45, 2.75) is 41.0 Å². The lowest BCUT2D eigenvalue weighted by atomic mass is 9.51. The second-order valence-corrected chi connectivity index (χ2v) is 4.63. The van der Waals surface area contributed by atoms with Crippen LogP contribution < -0.4 is 0 Å². The van der Waals surface area contributed by atoms with Crippen LogP contribution in [0.25, 0.3) is 0 Å². The third kappa shape index (κ3) is 0.889. The molecule has 0 radical (unpaired) electrons. The molecule has 60 valence electrons. The van der Waals surface area contributed by atoms with Crippen molar-refractivity contribution in [2.75, 3.05) is 0 Å². The maximum absolute atomic E-state index is 2.43. The van der Waals surface area contributed by atoms with Gasteiger partial charge >= 0.3 is 0 Å². The Kier molecular flexibility index (Phi) is 1.82. The first-order chi connectivity index (χ1) is 4.48. The van der Waals surface area contributed by atoms with E-state index in [9.17, 15) is 0 Å². The highest BCUT2D eigenvalue weighted by atomic mass is 14.5. The number of hydrogen-bond donors (Lipinski definition) is 0. The Bertz CT molecular complexity index is 126. The fourth-order valence-electron chi connectivity index (χ4n) is 2.31. The summed E-state index contributed by atoms with van der Waals surface area (Å²) in [6.07, 6.45) is 1.44. The van der Waals surface area contributed by atoms with Gasteiger partial charge in [0.2, 0.25) is 0 Å². The van der Waals surface area contributed by atoms with Crippen LogP contribution in [0.3, 0.4) is 0 Å². The summed E-state index contributed by atoms with van der Waals surface area (Å²) in [6.45, 7) is 11.9. The molecule has 0 aliphatic heterocycles. The van der Waals surface area contributed by atoms with Crippen LogP contribution in [-0.4, -0.2) is 0 Å². The predicted molar refractivity (Wildman–Crippen MR) is 45.9 cm³/mol. The highest BCUT2D eigenvalue weighted by Gasteiger charge is 2.46. The molecule has 3 atom stereocenters. The van der Waals surface area contributed by atoms with Gasteiger partial charge in [0.1, 0.15) is 0 Å². The van der Waals surface area contributed by atoms with E-state index in [4.69, 9.17) is 0 Å². The van der Waals surface area contributed by atoms with Gasteiger partial charge in [-0.3, -0.25) is 0 Å². The first kappa shape index (κ1) is 8.10. The van der Waals surface area contributed by atoms with Gasteiger partial charge in [-0.1, -0.05) is 34.6 Å². The third-order valence-corrected chi connectivity index (χ3v) is 3.97. The van der Waals surface area contributed by atoms with Crippen molar-refractivity contribution in [1.82, 2.24) is 0 Å². The smallest absolute Gasteiger partial charge is 0.0272 e. The topological polar surface area (TPSA) is 0 Å². The molecule has 3 unspecified atom stereocenters. The Morgan fingerprint density at radius 1 is 1.30 bits per heavy atom. The second-order valence-electron chi connectivity index (χ2n) is 4.63. The molecule has 0 nitrogen and oxygen atoms in total. The largest absolute Gasteiger partial charge is 0.0622 e. The van der Waals surface area contributed by atoms with Crippen LogP contribution in [0.15, 0.2) is 0 Å². The van der Waals surface area contributed by atoms with Crippen LogP contribution in [0.5, 0.6) is 0 Å². The molecular formula is C10H20. The molecule has 0 heteroatoms. The standard InChI is InChI=1S/C10H20/c1-7(2)10(5)6-8(3)9(10)4/h7-9H,6H2,1-5H3. The first-order valence-electron chi connectivity index (χ1n) is 4.48. The van der Waals surface area contributed by atoms with Crippen molar-refractivity contribution in [3.8, 4) is 0 Å². The Labute approximate surface area is 65.0 Å². The minimum atomic E-state index is 0.652. The van der Waals surface area contributed by atoms with Crippen molar-refractivity contribution in [3.63, 3.8) is 0 Å². The van der Waals surface area contributed by atoms with Crippen LogP contribution in [-0.2, 0) is 0 Å². The van der Waals surface area contributed by atoms with Crippen LogP contribution in [0, 0.1) is 23.2 Å². The summed E-state index contributed by atoms with van der Waals surface area (Å²) in [6, 6.07) is 0. The zero-order valence-electron chi connectivity index (χ0n) is 7.94. The van der Waals surface area contributed by atoms with Gasteiger partial charge < -0.3 is 0 Å². The lowest BCUT2D eigenvalue weighted by Gasteiger charge is -2.54. The third-order valence-electron chi connectivity index (χ3n) is 3.97. The zero-order valence-corrected chi connectivity index (χ0v) is 7.94. The van der Waals surface area contributed by atoms with Gasteiger partial charge in [0.15, 0.2) is 0 Å². The van der Waals surface area contributed by atoms with Crippen molar-refractivity contribution in [2.24, 2.45) is 23.2 Å². The fraction of sp³-hybridized carbons (Fsp3) is 1.00. The van der Waals surface area contributed by atoms with Gasteiger partial charge in [0, 0.05) is 0 Å². The molecule has 1 fully saturated rings. The SMILES string of the molecule is CC1CC(C)(C(C)C)C1C. The van der Waals surface area contributed by atoms with Gasteiger partial charge in [-0.2, -0.15) is 0 Å². The number of rotatable bonds is 1. The second kappa shape index (κ2) is 2.25. The summed E-state index contributed by atoms with van der Waals surface area (Å²) in [5.74, 6) is 2.76. The summed E-state index contributed by atoms with van der Waals surface area (Å²) < 4.78 is 0. The van der Waals surface area contributed by atoms with E-state index in [1.54, 1.807) is 0 Å². The summed E-state index contributed by atoms with van der Waals surface area (Å²) in [5, 5.41) is 0. The summed E-state index contributed by atoms with van der Waals surface area (Å²) in [5.41, 5.74) is 0.652. The monoisotopic (exact) mass is 140 g/mol. The molecule has 0 spiro atoms. The maximum Gasteiger partial charge on any atom is -0.0272 e. The number of hydrogen-bond acceptors (Lipinski definition) is 0. The quantitative estimate of drug-likeness (QED) is 0.524. The van der Waals surface area contributed by atoms with Crippen LogP contribution in [0.1, 0.15) is 41.0 Å². The van der Waals surface area contributed by atoms with E-state index >= 15 is 0 Å². The highest BCUT2D eigenvalue weighted by molar-refractivity contribution is 4.95. The molecular weight excluding hydrogens is 120 g/mol. The maximum atomic E-state index is 2.43. The predicted octanol–water partition coefficient (Wildman–Crippen LogP) is 3.32. The van der Waals surface area contributed by atoms with Crippen LogP contribution >= 0.6 is 0 Å². The minimum absolute atomic E-state index is 0.652. The molecule has 0 aromatic heterocycles. The minimum Gasteiger partial charge on any atom is -0.0622 e. The molecule has 0 aromatic rings. The fourth-order valence-corrected chi connectivity index (χ4v) is 2.31. The Morgan fingerprint density at radius 3 is 1.90 bits per heavy atom. The molecule has 0 N–H and O–H groups in total. The van der Waals surface area contributed by atoms with Gasteiger partial charge in [-0.15, -0.1) is 0 Å². The van der Waals surface area contributed by atoms with Gasteiger partial charge in [-0.25, -0.2) is 0 Å². The summed E-state index contributed by atoms with van der Waals surface area (Å²) >= 11 is 0. The molecule has 0 aromatic carbocycles. The van der Waals surface area contributed by atoms with Crippen molar-refractivity contribution < 1.29 is 0 Å². The lowest BCUT2D eigenvalue weighted by molar-refractivity contribution is -0.0445. The molecule has 1 aliphatic carbocycles. The lowest BCUT2D eigenvalue weighted by Crippen LogP contribution is -2.46. The molecule has 1 aliphatic rings. The average Bonchev–Trinajstić information content (AvgIpc) is 1.87. The first-order valence-corrected chi connectivity index (χ1v) is 4.48. The molecule has 10 heavy (non-hydrogen) atoms. The Morgan fingerprint density at radius 2 is 1.80 bits per heavy atom. The van der Waals surface area contributed by atoms with E-state index in [-0.39, 0.29) is 0 Å². The Hall–Kier alpha value is 0. The van der Waals surface area contributed by atoms with E-state index in [2.05, 4.69) is 34.6 Å². The summed E-state index contributed by atoms with van der Waals surface area (Å²) in [4.78, 5) is 0. The van der Waals surface area contributed by atoms with E-state index in [1.807, 2.05) is 0 Å². The van der Waals surface area contributed by atoms with E-state index in [0.29, 0.717) is 5.41 Å². The van der Waals surface area contributed by atoms with Gasteiger partial charge in [0.05, 0.1) is 0 Å². The highest BCUT2D eigenvalue weighted by Crippen LogP contribution is 2.54. The van der Waals surface area contributed by atoms with Gasteiger partial charge in [0.25, 0.3) is 0 Å². The molecule has 0 amide bonds. The summed E-state index contributed by atoms with van der Waals surface area (Å²) in [7, 11) is 0. The van der Waals surface area contributed by atoms with E-state index in [1.165, 1.54) is 6.42 Å². The molecule has 1 saturated carbocycles.